The lowest BCUT2D eigenvalue weighted by molar-refractivity contribution is 0.444. The van der Waals surface area contributed by atoms with Crippen molar-refractivity contribution in [3.63, 3.8) is 0 Å². The molecule has 0 spiro atoms. The number of benzene rings is 1. The molecule has 0 amide bonds. The van der Waals surface area contributed by atoms with Gasteiger partial charge in [0, 0.05) is 37.0 Å². The first-order valence-corrected chi connectivity index (χ1v) is 7.91. The topological polar surface area (TPSA) is 37.8 Å². The maximum Gasteiger partial charge on any atom is 0.139 e. The lowest BCUT2D eigenvalue weighted by Crippen LogP contribution is -2.31. The molecule has 1 aromatic heterocycles. The van der Waals surface area contributed by atoms with Crippen molar-refractivity contribution in [2.75, 3.05) is 6.54 Å². The van der Waals surface area contributed by atoms with E-state index in [9.17, 15) is 0 Å². The molecule has 0 radical (unpaired) electrons. The summed E-state index contributed by atoms with van der Waals surface area (Å²) in [5, 5.41) is 3.38. The van der Waals surface area contributed by atoms with Crippen molar-refractivity contribution in [3.8, 4) is 0 Å². The Hall–Kier alpha value is -1.74. The molecule has 1 aromatic carbocycles. The first-order valence-electron chi connectivity index (χ1n) is 7.91. The number of hydrogen-bond donors (Lipinski definition) is 1. The molecular weight excluding hydrogens is 258 g/mol. The van der Waals surface area contributed by atoms with E-state index in [1.54, 1.807) is 0 Å². The van der Waals surface area contributed by atoms with Gasteiger partial charge in [0.25, 0.3) is 0 Å². The summed E-state index contributed by atoms with van der Waals surface area (Å²) in [5.74, 6) is 0.986. The summed E-state index contributed by atoms with van der Waals surface area (Å²) in [6, 6.07) is 10.7. The van der Waals surface area contributed by atoms with Crippen molar-refractivity contribution < 1.29 is 0 Å². The van der Waals surface area contributed by atoms with Crippen molar-refractivity contribution in [1.29, 1.82) is 0 Å². The normalized spacial score (nSPS) is 14.8. The third-order valence-corrected chi connectivity index (χ3v) is 4.77. The highest BCUT2D eigenvalue weighted by atomic mass is 15.0. The minimum Gasteiger partial charge on any atom is -0.312 e. The highest BCUT2D eigenvalue weighted by Gasteiger charge is 2.34. The fourth-order valence-corrected chi connectivity index (χ4v) is 3.33. The van der Waals surface area contributed by atoms with E-state index >= 15 is 0 Å². The average Bonchev–Trinajstić information content (AvgIpc) is 2.57. The molecule has 0 unspecified atom stereocenters. The van der Waals surface area contributed by atoms with Crippen LogP contribution < -0.4 is 5.32 Å². The van der Waals surface area contributed by atoms with Crippen LogP contribution in [0.4, 0.5) is 0 Å². The SMILES string of the molecule is CCC(CC)(c1ccccc1)c1ncc2c(n1)CCNC2. The summed E-state index contributed by atoms with van der Waals surface area (Å²) in [5.41, 5.74) is 3.73. The lowest BCUT2D eigenvalue weighted by Gasteiger charge is -2.31. The highest BCUT2D eigenvalue weighted by molar-refractivity contribution is 5.34. The van der Waals surface area contributed by atoms with Crippen LogP contribution in [0.5, 0.6) is 0 Å². The molecular formula is C18H23N3. The van der Waals surface area contributed by atoms with Gasteiger partial charge in [0.15, 0.2) is 0 Å². The van der Waals surface area contributed by atoms with E-state index in [1.807, 2.05) is 6.20 Å². The smallest absolute Gasteiger partial charge is 0.139 e. The predicted octanol–water partition coefficient (Wildman–Crippen LogP) is 3.23. The Labute approximate surface area is 126 Å². The summed E-state index contributed by atoms with van der Waals surface area (Å²) in [7, 11) is 0. The van der Waals surface area contributed by atoms with Gasteiger partial charge in [-0.15, -0.1) is 0 Å². The number of nitrogens with one attached hydrogen (secondary N) is 1. The molecule has 0 fully saturated rings. The summed E-state index contributed by atoms with van der Waals surface area (Å²) in [6.45, 7) is 6.38. The molecule has 110 valence electrons. The van der Waals surface area contributed by atoms with Gasteiger partial charge in [0.1, 0.15) is 5.82 Å². The van der Waals surface area contributed by atoms with Crippen molar-refractivity contribution in [2.45, 2.75) is 45.1 Å². The van der Waals surface area contributed by atoms with Crippen LogP contribution in [0.1, 0.15) is 49.3 Å². The van der Waals surface area contributed by atoms with Gasteiger partial charge in [-0.2, -0.15) is 0 Å². The molecule has 1 aliphatic heterocycles. The molecule has 0 saturated heterocycles. The Kier molecular flexibility index (Phi) is 4.02. The van der Waals surface area contributed by atoms with Crippen molar-refractivity contribution >= 4 is 0 Å². The fraction of sp³-hybridized carbons (Fsp3) is 0.444. The number of rotatable bonds is 4. The molecule has 21 heavy (non-hydrogen) atoms. The monoisotopic (exact) mass is 281 g/mol. The van der Waals surface area contributed by atoms with Crippen LogP contribution in [0.3, 0.4) is 0 Å². The van der Waals surface area contributed by atoms with E-state index in [0.717, 1.165) is 38.2 Å². The van der Waals surface area contributed by atoms with Crippen LogP contribution in [0.15, 0.2) is 36.5 Å². The van der Waals surface area contributed by atoms with Gasteiger partial charge in [-0.1, -0.05) is 44.2 Å². The summed E-state index contributed by atoms with van der Waals surface area (Å²) in [4.78, 5) is 9.68. The van der Waals surface area contributed by atoms with Crippen LogP contribution in [-0.2, 0) is 18.4 Å². The molecule has 0 saturated carbocycles. The quantitative estimate of drug-likeness (QED) is 0.935. The van der Waals surface area contributed by atoms with Gasteiger partial charge in [-0.3, -0.25) is 0 Å². The fourth-order valence-electron chi connectivity index (χ4n) is 3.33. The largest absolute Gasteiger partial charge is 0.312 e. The molecule has 3 heteroatoms. The zero-order valence-corrected chi connectivity index (χ0v) is 12.9. The first-order chi connectivity index (χ1) is 10.3. The van der Waals surface area contributed by atoms with E-state index in [1.165, 1.54) is 16.8 Å². The minimum absolute atomic E-state index is 0.0683. The standard InChI is InChI=1S/C18H23N3/c1-3-18(4-2,15-8-6-5-7-9-15)17-20-13-14-12-19-11-10-16(14)21-17/h5-9,13,19H,3-4,10-12H2,1-2H3. The summed E-state index contributed by atoms with van der Waals surface area (Å²) < 4.78 is 0. The maximum atomic E-state index is 4.95. The zero-order valence-electron chi connectivity index (χ0n) is 12.9. The van der Waals surface area contributed by atoms with Crippen LogP contribution in [0, 0.1) is 0 Å². The van der Waals surface area contributed by atoms with Gasteiger partial charge < -0.3 is 5.32 Å². The van der Waals surface area contributed by atoms with Crippen LogP contribution >= 0.6 is 0 Å². The summed E-state index contributed by atoms with van der Waals surface area (Å²) in [6.07, 6.45) is 5.06. The van der Waals surface area contributed by atoms with Gasteiger partial charge in [0.2, 0.25) is 0 Å². The summed E-state index contributed by atoms with van der Waals surface area (Å²) >= 11 is 0. The molecule has 3 rings (SSSR count). The maximum absolute atomic E-state index is 4.95. The van der Waals surface area contributed by atoms with E-state index in [4.69, 9.17) is 9.97 Å². The second kappa shape index (κ2) is 5.94. The molecule has 0 atom stereocenters. The second-order valence-corrected chi connectivity index (χ2v) is 5.75. The Morgan fingerprint density at radius 2 is 1.90 bits per heavy atom. The third kappa shape index (κ3) is 2.46. The molecule has 2 aromatic rings. The first kappa shape index (κ1) is 14.2. The van der Waals surface area contributed by atoms with Gasteiger partial charge in [-0.25, -0.2) is 9.97 Å². The van der Waals surface area contributed by atoms with Crippen LogP contribution in [0.25, 0.3) is 0 Å². The third-order valence-electron chi connectivity index (χ3n) is 4.77. The molecule has 1 aliphatic rings. The average molecular weight is 281 g/mol. The van der Waals surface area contributed by atoms with Crippen molar-refractivity contribution in [1.82, 2.24) is 15.3 Å². The van der Waals surface area contributed by atoms with Gasteiger partial charge in [-0.05, 0) is 18.4 Å². The number of nitrogens with zero attached hydrogens (tertiary/aromatic N) is 2. The lowest BCUT2D eigenvalue weighted by atomic mass is 9.75. The minimum atomic E-state index is -0.0683. The molecule has 2 heterocycles. The number of fused-ring (bicyclic) bond motifs is 1. The Balaban J connectivity index is 2.09. The van der Waals surface area contributed by atoms with Crippen LogP contribution in [0.2, 0.25) is 0 Å². The van der Waals surface area contributed by atoms with Gasteiger partial charge >= 0.3 is 0 Å². The zero-order chi connectivity index (χ0) is 14.7. The van der Waals surface area contributed by atoms with Crippen molar-refractivity contribution in [2.24, 2.45) is 0 Å². The van der Waals surface area contributed by atoms with E-state index in [2.05, 4.69) is 49.5 Å². The number of aromatic nitrogens is 2. The second-order valence-electron chi connectivity index (χ2n) is 5.75. The van der Waals surface area contributed by atoms with Gasteiger partial charge in [0.05, 0.1) is 5.41 Å². The molecule has 0 bridgehead atoms. The Morgan fingerprint density at radius 1 is 1.14 bits per heavy atom. The highest BCUT2D eigenvalue weighted by Crippen LogP contribution is 2.37. The van der Waals surface area contributed by atoms with Crippen molar-refractivity contribution in [3.05, 3.63) is 59.2 Å². The molecule has 0 aliphatic carbocycles. The van der Waals surface area contributed by atoms with Crippen LogP contribution in [-0.4, -0.2) is 16.5 Å². The number of hydrogen-bond acceptors (Lipinski definition) is 3. The van der Waals surface area contributed by atoms with E-state index in [-0.39, 0.29) is 5.41 Å². The Morgan fingerprint density at radius 3 is 2.62 bits per heavy atom. The molecule has 3 nitrogen and oxygen atoms in total. The van der Waals surface area contributed by atoms with E-state index in [0.29, 0.717) is 0 Å². The molecule has 1 N–H and O–H groups in total. The predicted molar refractivity (Wildman–Crippen MR) is 85.2 cm³/mol. The van der Waals surface area contributed by atoms with E-state index < -0.39 is 0 Å². The Bertz CT molecular complexity index is 603.